The Balaban J connectivity index is 1.44. The minimum Gasteiger partial charge on any atom is -0.471 e. The molecule has 4 rings (SSSR count). The zero-order valence-electron chi connectivity index (χ0n) is 18.0. The number of hydrogen-bond donors (Lipinski definition) is 3. The molecule has 4 N–H and O–H groups in total. The Kier molecular flexibility index (Phi) is 7.17. The van der Waals surface area contributed by atoms with Gasteiger partial charge in [0.2, 0.25) is 6.73 Å². The number of pyridine rings is 2. The molecule has 0 fully saturated rings. The van der Waals surface area contributed by atoms with Gasteiger partial charge in [-0.2, -0.15) is 0 Å². The maximum atomic E-state index is 14.5. The van der Waals surface area contributed by atoms with Crippen LogP contribution in [0.5, 0.6) is 5.88 Å². The van der Waals surface area contributed by atoms with E-state index in [1.807, 2.05) is 0 Å². The Labute approximate surface area is 197 Å². The van der Waals surface area contributed by atoms with E-state index in [0.717, 1.165) is 0 Å². The van der Waals surface area contributed by atoms with Crippen LogP contribution in [0.3, 0.4) is 0 Å². The number of aromatic nitrogens is 3. The topological polar surface area (TPSA) is 145 Å². The van der Waals surface area contributed by atoms with Crippen molar-refractivity contribution in [2.75, 3.05) is 5.73 Å². The van der Waals surface area contributed by atoms with E-state index < -0.39 is 26.2 Å². The van der Waals surface area contributed by atoms with Crippen molar-refractivity contribution >= 4 is 13.6 Å². The summed E-state index contributed by atoms with van der Waals surface area (Å²) in [6.45, 7) is -0.637. The average molecular weight is 505 g/mol. The summed E-state index contributed by atoms with van der Waals surface area (Å²) >= 11 is 0. The number of benzene rings is 1. The molecule has 0 bridgehead atoms. The van der Waals surface area contributed by atoms with Gasteiger partial charge in [0, 0.05) is 24.2 Å². The maximum absolute atomic E-state index is 14.5. The first kappa shape index (κ1) is 24.4. The molecular formula is C22H20F2N4O6P+. The molecule has 0 atom stereocenters. The zero-order valence-corrected chi connectivity index (χ0v) is 18.9. The Hall–Kier alpha value is -3.70. The lowest BCUT2D eigenvalue weighted by Gasteiger charge is -2.08. The number of halogens is 2. The Bertz CT molecular complexity index is 1390. The van der Waals surface area contributed by atoms with Crippen molar-refractivity contribution in [3.8, 4) is 17.2 Å². The van der Waals surface area contributed by atoms with Gasteiger partial charge in [0.25, 0.3) is 11.7 Å². The number of nitrogens with two attached hydrogens (primary N) is 1. The highest BCUT2D eigenvalue weighted by Crippen LogP contribution is 2.35. The van der Waals surface area contributed by atoms with Crippen molar-refractivity contribution in [2.24, 2.45) is 0 Å². The number of phosphoric ester groups is 1. The monoisotopic (exact) mass is 505 g/mol. The van der Waals surface area contributed by atoms with Gasteiger partial charge in [-0.25, -0.2) is 27.4 Å². The van der Waals surface area contributed by atoms with Gasteiger partial charge in [0.05, 0.1) is 11.9 Å². The van der Waals surface area contributed by atoms with Gasteiger partial charge in [-0.15, -0.1) is 0 Å². The number of ether oxygens (including phenoxy) is 1. The number of phosphoric acid groups is 1. The first-order valence-corrected chi connectivity index (χ1v) is 11.7. The van der Waals surface area contributed by atoms with E-state index in [9.17, 15) is 13.3 Å². The maximum Gasteiger partial charge on any atom is 0.472 e. The summed E-state index contributed by atoms with van der Waals surface area (Å²) in [4.78, 5) is 21.7. The molecule has 0 unspecified atom stereocenters. The van der Waals surface area contributed by atoms with Crippen molar-refractivity contribution in [3.05, 3.63) is 89.4 Å². The second-order valence-electron chi connectivity index (χ2n) is 7.40. The van der Waals surface area contributed by atoms with Crippen molar-refractivity contribution in [3.63, 3.8) is 0 Å². The van der Waals surface area contributed by atoms with Crippen molar-refractivity contribution in [1.82, 2.24) is 10.1 Å². The molecular weight excluding hydrogens is 485 g/mol. The van der Waals surface area contributed by atoms with Crippen LogP contribution >= 0.6 is 7.82 Å². The molecule has 0 aliphatic carbocycles. The lowest BCUT2D eigenvalue weighted by atomic mass is 10.1. The first-order chi connectivity index (χ1) is 16.7. The molecule has 1 aromatic carbocycles. The van der Waals surface area contributed by atoms with Crippen molar-refractivity contribution < 1.29 is 41.5 Å². The molecule has 4 aromatic rings. The minimum atomic E-state index is -4.68. The Morgan fingerprint density at radius 3 is 2.66 bits per heavy atom. The molecule has 0 aliphatic heterocycles. The first-order valence-electron chi connectivity index (χ1n) is 10.1. The highest BCUT2D eigenvalue weighted by molar-refractivity contribution is 7.46. The Morgan fingerprint density at radius 2 is 1.91 bits per heavy atom. The van der Waals surface area contributed by atoms with E-state index in [2.05, 4.69) is 14.7 Å². The van der Waals surface area contributed by atoms with Gasteiger partial charge in [0.1, 0.15) is 18.0 Å². The second kappa shape index (κ2) is 10.3. The SMILES string of the molecule is Nc1c(-c2cc(Cc3cnc(OCc4ccccc4F)c(F)c3)no2)ccc[n+]1COP(=O)(O)O. The van der Waals surface area contributed by atoms with Crippen LogP contribution in [0.2, 0.25) is 0 Å². The van der Waals surface area contributed by atoms with Crippen LogP contribution in [-0.2, 0) is 28.8 Å². The summed E-state index contributed by atoms with van der Waals surface area (Å²) in [5, 5.41) is 3.96. The fourth-order valence-electron chi connectivity index (χ4n) is 3.18. The van der Waals surface area contributed by atoms with Gasteiger partial charge >= 0.3 is 7.82 Å². The van der Waals surface area contributed by atoms with Gasteiger partial charge in [-0.3, -0.25) is 5.73 Å². The molecule has 35 heavy (non-hydrogen) atoms. The van der Waals surface area contributed by atoms with Crippen LogP contribution in [0, 0.1) is 11.6 Å². The lowest BCUT2D eigenvalue weighted by molar-refractivity contribution is -0.711. The van der Waals surface area contributed by atoms with Gasteiger partial charge in [0.15, 0.2) is 11.6 Å². The summed E-state index contributed by atoms with van der Waals surface area (Å²) in [5.41, 5.74) is 7.72. The largest absolute Gasteiger partial charge is 0.472 e. The van der Waals surface area contributed by atoms with Crippen molar-refractivity contribution in [2.45, 2.75) is 19.8 Å². The van der Waals surface area contributed by atoms with E-state index in [4.69, 9.17) is 24.8 Å². The van der Waals surface area contributed by atoms with Crippen LogP contribution in [0.25, 0.3) is 11.3 Å². The molecule has 3 heterocycles. The smallest absolute Gasteiger partial charge is 0.471 e. The summed E-state index contributed by atoms with van der Waals surface area (Å²) in [5.74, 6) is -0.989. The molecule has 13 heteroatoms. The number of nitrogens with zero attached hydrogens (tertiary/aromatic N) is 3. The van der Waals surface area contributed by atoms with Gasteiger partial charge in [-0.1, -0.05) is 23.4 Å². The number of nitrogen functional groups attached to an aromatic ring is 1. The molecule has 182 valence electrons. The Morgan fingerprint density at radius 1 is 1.11 bits per heavy atom. The van der Waals surface area contributed by atoms with E-state index in [-0.39, 0.29) is 30.3 Å². The predicted molar refractivity (Wildman–Crippen MR) is 117 cm³/mol. The number of hydrogen-bond acceptors (Lipinski definition) is 7. The highest BCUT2D eigenvalue weighted by Gasteiger charge is 2.21. The fraction of sp³-hybridized carbons (Fsp3) is 0.136. The molecule has 0 saturated heterocycles. The minimum absolute atomic E-state index is 0.132. The van der Waals surface area contributed by atoms with Gasteiger partial charge in [-0.05, 0) is 29.8 Å². The van der Waals surface area contributed by atoms with E-state index in [0.29, 0.717) is 22.6 Å². The van der Waals surface area contributed by atoms with Crippen molar-refractivity contribution in [1.29, 1.82) is 0 Å². The standard InChI is InChI=1S/C22H19F2N4O6P/c23-18-6-2-1-4-15(18)12-32-22-19(24)9-14(11-26-22)8-16-10-20(34-27-16)17-5-3-7-28(21(17)25)13-33-35(29,30)31/h1-7,9-11,25H,8,12-13H2,(H2,29,30,31)/p+1. The summed E-state index contributed by atoms with van der Waals surface area (Å²) in [6, 6.07) is 12.1. The quantitative estimate of drug-likeness (QED) is 0.231. The summed E-state index contributed by atoms with van der Waals surface area (Å²) < 4.78 is 55.5. The van der Waals surface area contributed by atoms with Gasteiger partial charge < -0.3 is 19.0 Å². The van der Waals surface area contributed by atoms with Crippen LogP contribution in [0.1, 0.15) is 16.8 Å². The molecule has 0 amide bonds. The van der Waals surface area contributed by atoms with Crippen LogP contribution in [-0.4, -0.2) is 19.9 Å². The third-order valence-electron chi connectivity index (χ3n) is 4.88. The average Bonchev–Trinajstić information content (AvgIpc) is 3.26. The van der Waals surface area contributed by atoms with E-state index in [1.165, 1.54) is 35.2 Å². The summed E-state index contributed by atoms with van der Waals surface area (Å²) in [7, 11) is -4.68. The summed E-state index contributed by atoms with van der Waals surface area (Å²) in [6.07, 6.45) is 3.09. The number of anilines is 1. The molecule has 0 saturated carbocycles. The predicted octanol–water partition coefficient (Wildman–Crippen LogP) is 3.12. The number of rotatable bonds is 9. The molecule has 10 nitrogen and oxygen atoms in total. The van der Waals surface area contributed by atoms with Crippen LogP contribution in [0.15, 0.2) is 65.4 Å². The molecule has 0 spiro atoms. The third-order valence-corrected chi connectivity index (χ3v) is 5.33. The zero-order chi connectivity index (χ0) is 25.0. The van der Waals surface area contributed by atoms with Crippen LogP contribution in [0.4, 0.5) is 14.6 Å². The molecule has 0 radical (unpaired) electrons. The van der Waals surface area contributed by atoms with Crippen LogP contribution < -0.4 is 15.0 Å². The fourth-order valence-corrected chi connectivity index (χ4v) is 3.46. The van der Waals surface area contributed by atoms with E-state index in [1.54, 1.807) is 30.3 Å². The second-order valence-corrected chi connectivity index (χ2v) is 8.63. The van der Waals surface area contributed by atoms with E-state index >= 15 is 0 Å². The third kappa shape index (κ3) is 6.25. The normalized spacial score (nSPS) is 11.5. The molecule has 0 aliphatic rings. The molecule has 3 aromatic heterocycles. The highest BCUT2D eigenvalue weighted by atomic mass is 31.2. The lowest BCUT2D eigenvalue weighted by Crippen LogP contribution is -2.38.